The molecule has 0 heterocycles. The van der Waals surface area contributed by atoms with Gasteiger partial charge in [0.2, 0.25) is 0 Å². The van der Waals surface area contributed by atoms with Crippen molar-refractivity contribution < 1.29 is 0 Å². The van der Waals surface area contributed by atoms with E-state index in [-0.39, 0.29) is 12.4 Å². The molecular formula is C11H12Cl3N. The molecule has 0 saturated carbocycles. The molecule has 0 unspecified atom stereocenters. The zero-order valence-electron chi connectivity index (χ0n) is 8.09. The van der Waals surface area contributed by atoms with Crippen molar-refractivity contribution in [3.63, 3.8) is 0 Å². The fourth-order valence-electron chi connectivity index (χ4n) is 1.80. The van der Waals surface area contributed by atoms with Crippen LogP contribution in [-0.2, 0) is 6.42 Å². The first-order chi connectivity index (χ1) is 6.72. The third-order valence-electron chi connectivity index (χ3n) is 2.52. The van der Waals surface area contributed by atoms with Crippen molar-refractivity contribution in [1.82, 2.24) is 0 Å². The maximum Gasteiger partial charge on any atom is 0.0598 e. The minimum atomic E-state index is 0. The second kappa shape index (κ2) is 5.22. The normalized spacial score (nSPS) is 13.9. The van der Waals surface area contributed by atoms with E-state index >= 15 is 0 Å². The average Bonchev–Trinajstić information content (AvgIpc) is 2.19. The maximum atomic E-state index is 5.97. The molecule has 2 rings (SSSR count). The van der Waals surface area contributed by atoms with E-state index in [1.165, 1.54) is 11.1 Å². The number of hydrogen-bond acceptors (Lipinski definition) is 1. The summed E-state index contributed by atoms with van der Waals surface area (Å²) in [6.07, 6.45) is 4.24. The Kier molecular flexibility index (Phi) is 4.47. The topological polar surface area (TPSA) is 26.0 Å². The van der Waals surface area contributed by atoms with Gasteiger partial charge in [-0.15, -0.1) is 12.4 Å². The summed E-state index contributed by atoms with van der Waals surface area (Å²) in [6.45, 7) is 0.560. The summed E-state index contributed by atoms with van der Waals surface area (Å²) < 4.78 is 0. The molecule has 2 N–H and O–H groups in total. The summed E-state index contributed by atoms with van der Waals surface area (Å²) in [5.74, 6) is 0. The van der Waals surface area contributed by atoms with E-state index < -0.39 is 0 Å². The molecule has 0 aromatic heterocycles. The van der Waals surface area contributed by atoms with Crippen molar-refractivity contribution in [2.75, 3.05) is 6.54 Å². The highest BCUT2D eigenvalue weighted by Gasteiger charge is 2.13. The predicted octanol–water partition coefficient (Wildman–Crippen LogP) is 3.70. The summed E-state index contributed by atoms with van der Waals surface area (Å²) in [5, 5.41) is 1.23. The van der Waals surface area contributed by atoms with Crippen molar-refractivity contribution in [3.8, 4) is 0 Å². The largest absolute Gasteiger partial charge is 0.326 e. The lowest BCUT2D eigenvalue weighted by molar-refractivity contribution is 0.967. The van der Waals surface area contributed by atoms with E-state index in [0.717, 1.165) is 18.4 Å². The summed E-state index contributed by atoms with van der Waals surface area (Å²) in [4.78, 5) is 0. The van der Waals surface area contributed by atoms with Gasteiger partial charge in [0.1, 0.15) is 0 Å². The van der Waals surface area contributed by atoms with Crippen molar-refractivity contribution in [3.05, 3.63) is 39.4 Å². The molecule has 0 amide bonds. The van der Waals surface area contributed by atoms with Crippen LogP contribution in [0.1, 0.15) is 17.5 Å². The van der Waals surface area contributed by atoms with Crippen LogP contribution in [0.3, 0.4) is 0 Å². The standard InChI is InChI=1S/C11H11Cl2N.ClH/c12-10-4-7-2-1-3-8(6-14)9(7)5-11(10)13;/h3-5H,1-2,6,14H2;1H. The summed E-state index contributed by atoms with van der Waals surface area (Å²) >= 11 is 11.9. The quantitative estimate of drug-likeness (QED) is 0.822. The number of hydrogen-bond donors (Lipinski definition) is 1. The molecular weight excluding hydrogens is 252 g/mol. The van der Waals surface area contributed by atoms with Gasteiger partial charge in [-0.1, -0.05) is 29.3 Å². The first-order valence-electron chi connectivity index (χ1n) is 4.59. The van der Waals surface area contributed by atoms with Crippen LogP contribution < -0.4 is 5.73 Å². The Bertz CT molecular complexity index is 399. The van der Waals surface area contributed by atoms with Gasteiger partial charge < -0.3 is 5.73 Å². The van der Waals surface area contributed by atoms with Crippen molar-refractivity contribution in [2.24, 2.45) is 5.73 Å². The average molecular weight is 265 g/mol. The molecule has 15 heavy (non-hydrogen) atoms. The molecule has 1 nitrogen and oxygen atoms in total. The third-order valence-corrected chi connectivity index (χ3v) is 3.24. The second-order valence-electron chi connectivity index (χ2n) is 3.40. The van der Waals surface area contributed by atoms with Crippen LogP contribution in [0.4, 0.5) is 0 Å². The number of rotatable bonds is 1. The van der Waals surface area contributed by atoms with Crippen molar-refractivity contribution in [2.45, 2.75) is 12.8 Å². The number of aryl methyl sites for hydroxylation is 1. The Hall–Kier alpha value is -0.210. The smallest absolute Gasteiger partial charge is 0.0598 e. The number of halogens is 3. The number of allylic oxidation sites excluding steroid dienone is 1. The number of nitrogens with two attached hydrogens (primary N) is 1. The van der Waals surface area contributed by atoms with Gasteiger partial charge in [-0.25, -0.2) is 0 Å². The first-order valence-corrected chi connectivity index (χ1v) is 5.35. The molecule has 1 aliphatic rings. The van der Waals surface area contributed by atoms with Crippen LogP contribution in [0.25, 0.3) is 5.57 Å². The van der Waals surface area contributed by atoms with Crippen LogP contribution in [0.5, 0.6) is 0 Å². The second-order valence-corrected chi connectivity index (χ2v) is 4.21. The molecule has 1 aromatic carbocycles. The lowest BCUT2D eigenvalue weighted by Gasteiger charge is -2.17. The molecule has 0 saturated heterocycles. The van der Waals surface area contributed by atoms with E-state index in [1.807, 2.05) is 12.1 Å². The number of fused-ring (bicyclic) bond motifs is 1. The van der Waals surface area contributed by atoms with Gasteiger partial charge in [0, 0.05) is 6.54 Å². The first kappa shape index (κ1) is 12.9. The summed E-state index contributed by atoms with van der Waals surface area (Å²) in [5.41, 5.74) is 9.25. The van der Waals surface area contributed by atoms with Gasteiger partial charge in [0.05, 0.1) is 10.0 Å². The molecule has 0 fully saturated rings. The Morgan fingerprint density at radius 3 is 2.53 bits per heavy atom. The highest BCUT2D eigenvalue weighted by molar-refractivity contribution is 6.42. The zero-order valence-corrected chi connectivity index (χ0v) is 10.4. The molecule has 82 valence electrons. The van der Waals surface area contributed by atoms with Gasteiger partial charge in [0.15, 0.2) is 0 Å². The lowest BCUT2D eigenvalue weighted by Crippen LogP contribution is -2.08. The highest BCUT2D eigenvalue weighted by atomic mass is 35.5. The van der Waals surface area contributed by atoms with Crippen LogP contribution in [-0.4, -0.2) is 6.54 Å². The molecule has 0 radical (unpaired) electrons. The van der Waals surface area contributed by atoms with Gasteiger partial charge >= 0.3 is 0 Å². The van der Waals surface area contributed by atoms with Crippen LogP contribution in [0.2, 0.25) is 10.0 Å². The van der Waals surface area contributed by atoms with Crippen molar-refractivity contribution >= 4 is 41.2 Å². The van der Waals surface area contributed by atoms with E-state index in [2.05, 4.69) is 6.08 Å². The van der Waals surface area contributed by atoms with Gasteiger partial charge in [-0.2, -0.15) is 0 Å². The number of benzene rings is 1. The van der Waals surface area contributed by atoms with Crippen LogP contribution >= 0.6 is 35.6 Å². The van der Waals surface area contributed by atoms with Gasteiger partial charge in [-0.3, -0.25) is 0 Å². The summed E-state index contributed by atoms with van der Waals surface area (Å²) in [6, 6.07) is 3.86. The van der Waals surface area contributed by atoms with E-state index in [1.54, 1.807) is 0 Å². The lowest BCUT2D eigenvalue weighted by atomic mass is 9.91. The molecule has 0 aliphatic heterocycles. The van der Waals surface area contributed by atoms with E-state index in [9.17, 15) is 0 Å². The van der Waals surface area contributed by atoms with Crippen molar-refractivity contribution in [1.29, 1.82) is 0 Å². The Labute approximate surface area is 106 Å². The molecule has 0 atom stereocenters. The maximum absolute atomic E-state index is 5.97. The molecule has 0 spiro atoms. The van der Waals surface area contributed by atoms with E-state index in [4.69, 9.17) is 28.9 Å². The minimum absolute atomic E-state index is 0. The molecule has 4 heteroatoms. The molecule has 1 aliphatic carbocycles. The van der Waals surface area contributed by atoms with E-state index in [0.29, 0.717) is 16.6 Å². The predicted molar refractivity (Wildman–Crippen MR) is 69.1 cm³/mol. The Morgan fingerprint density at radius 1 is 1.20 bits per heavy atom. The Balaban J connectivity index is 0.00000112. The zero-order chi connectivity index (χ0) is 10.1. The fraction of sp³-hybridized carbons (Fsp3) is 0.273. The minimum Gasteiger partial charge on any atom is -0.326 e. The monoisotopic (exact) mass is 263 g/mol. The third kappa shape index (κ3) is 2.48. The fourth-order valence-corrected chi connectivity index (χ4v) is 2.15. The van der Waals surface area contributed by atoms with Crippen LogP contribution in [0, 0.1) is 0 Å². The van der Waals surface area contributed by atoms with Crippen LogP contribution in [0.15, 0.2) is 18.2 Å². The highest BCUT2D eigenvalue weighted by Crippen LogP contribution is 2.32. The molecule has 0 bridgehead atoms. The summed E-state index contributed by atoms with van der Waals surface area (Å²) in [7, 11) is 0. The van der Waals surface area contributed by atoms with Gasteiger partial charge in [0.25, 0.3) is 0 Å². The van der Waals surface area contributed by atoms with Gasteiger partial charge in [-0.05, 0) is 41.7 Å². The Morgan fingerprint density at radius 2 is 1.87 bits per heavy atom. The SMILES string of the molecule is Cl.NCC1=CCCc2cc(Cl)c(Cl)cc21. The molecule has 1 aromatic rings.